The van der Waals surface area contributed by atoms with Gasteiger partial charge in [-0.05, 0) is 43.0 Å². The zero-order valence-corrected chi connectivity index (χ0v) is 19.3. The number of hydrogen-bond acceptors (Lipinski definition) is 6. The van der Waals surface area contributed by atoms with Gasteiger partial charge in [-0.25, -0.2) is 4.98 Å². The van der Waals surface area contributed by atoms with E-state index in [4.69, 9.17) is 11.6 Å². The quantitative estimate of drug-likeness (QED) is 0.496. The molecule has 0 bridgehead atoms. The average molecular weight is 466 g/mol. The van der Waals surface area contributed by atoms with Gasteiger partial charge in [-0.3, -0.25) is 14.8 Å². The molecule has 1 saturated heterocycles. The molecule has 0 unspecified atom stereocenters. The maximum absolute atomic E-state index is 12.7. The van der Waals surface area contributed by atoms with E-state index in [1.807, 2.05) is 30.3 Å². The lowest BCUT2D eigenvalue weighted by atomic mass is 10.0. The number of amides is 1. The summed E-state index contributed by atoms with van der Waals surface area (Å²) in [6.45, 7) is 0.581. The number of halogens is 1. The monoisotopic (exact) mass is 465 g/mol. The molecule has 7 nitrogen and oxygen atoms in total. The number of likely N-dealkylation sites (N-methyl/N-ethyl adjacent to an activating group) is 1. The summed E-state index contributed by atoms with van der Waals surface area (Å²) in [6.07, 6.45) is 9.42. The van der Waals surface area contributed by atoms with Gasteiger partial charge in [-0.2, -0.15) is 0 Å². The number of carbonyl (C=O) groups is 1. The van der Waals surface area contributed by atoms with Gasteiger partial charge >= 0.3 is 0 Å². The Kier molecular flexibility index (Phi) is 7.65. The Bertz CT molecular complexity index is 1050. The van der Waals surface area contributed by atoms with Gasteiger partial charge in [0.05, 0.1) is 11.8 Å². The third kappa shape index (κ3) is 6.13. The molecule has 3 aromatic rings. The van der Waals surface area contributed by atoms with Crippen LogP contribution in [-0.4, -0.2) is 56.5 Å². The molecule has 0 radical (unpaired) electrons. The predicted octanol–water partition coefficient (Wildman–Crippen LogP) is 3.24. The summed E-state index contributed by atoms with van der Waals surface area (Å²) >= 11 is 5.84. The topological polar surface area (TPSA) is 91.2 Å². The van der Waals surface area contributed by atoms with Crippen LogP contribution in [0.2, 0.25) is 5.15 Å². The third-order valence-corrected chi connectivity index (χ3v) is 6.32. The van der Waals surface area contributed by atoms with E-state index in [9.17, 15) is 9.90 Å². The highest BCUT2D eigenvalue weighted by atomic mass is 35.5. The van der Waals surface area contributed by atoms with Crippen molar-refractivity contribution in [3.05, 3.63) is 88.7 Å². The molecule has 3 heterocycles. The summed E-state index contributed by atoms with van der Waals surface area (Å²) < 4.78 is 0. The first-order chi connectivity index (χ1) is 16.0. The van der Waals surface area contributed by atoms with Crippen molar-refractivity contribution in [3.8, 4) is 0 Å². The van der Waals surface area contributed by atoms with Crippen molar-refractivity contribution >= 4 is 17.5 Å². The van der Waals surface area contributed by atoms with Crippen LogP contribution in [-0.2, 0) is 12.8 Å². The van der Waals surface area contributed by atoms with Gasteiger partial charge < -0.3 is 15.3 Å². The highest BCUT2D eigenvalue weighted by Gasteiger charge is 2.30. The van der Waals surface area contributed by atoms with E-state index >= 15 is 0 Å². The molecule has 1 amide bonds. The maximum atomic E-state index is 12.7. The minimum Gasteiger partial charge on any atom is -0.387 e. The van der Waals surface area contributed by atoms with Crippen LogP contribution < -0.4 is 5.32 Å². The highest BCUT2D eigenvalue weighted by molar-refractivity contribution is 6.29. The molecule has 172 valence electrons. The van der Waals surface area contributed by atoms with Crippen LogP contribution in [0, 0.1) is 0 Å². The molecule has 8 heteroatoms. The van der Waals surface area contributed by atoms with Crippen LogP contribution in [0.5, 0.6) is 0 Å². The number of pyridine rings is 1. The molecule has 2 N–H and O–H groups in total. The fourth-order valence-corrected chi connectivity index (χ4v) is 4.30. The van der Waals surface area contributed by atoms with Crippen molar-refractivity contribution in [1.29, 1.82) is 0 Å². The predicted molar refractivity (Wildman–Crippen MR) is 127 cm³/mol. The molecule has 1 aromatic carbocycles. The lowest BCUT2D eigenvalue weighted by molar-refractivity contribution is 0.0796. The molecule has 2 aromatic heterocycles. The number of hydrogen-bond donors (Lipinski definition) is 2. The Labute approximate surface area is 198 Å². The molecule has 1 aliphatic rings. The first-order valence-corrected chi connectivity index (χ1v) is 11.5. The van der Waals surface area contributed by atoms with Crippen LogP contribution in [0.15, 0.2) is 61.2 Å². The van der Waals surface area contributed by atoms with Crippen LogP contribution in [0.4, 0.5) is 0 Å². The van der Waals surface area contributed by atoms with Gasteiger partial charge in [-0.1, -0.05) is 29.8 Å². The number of nitrogens with one attached hydrogen (secondary N) is 1. The fourth-order valence-electron chi connectivity index (χ4n) is 4.19. The molecule has 1 fully saturated rings. The molecule has 4 rings (SSSR count). The molecular weight excluding hydrogens is 438 g/mol. The van der Waals surface area contributed by atoms with Crippen molar-refractivity contribution < 1.29 is 9.90 Å². The standard InChI is InChI=1S/C25H28ClN5O2/c1-31(13-10-21-16-27-11-12-28-21)25(33)18-4-2-17(3-5-18)14-20-7-8-22(30-20)24(32)19-6-9-23(26)29-15-19/h2-6,9,11-12,15-16,20,22,24,30,32H,7-8,10,13-14H2,1H3/t20-,22+,24+/m0/s1. The zero-order chi connectivity index (χ0) is 23.2. The number of rotatable bonds is 8. The van der Waals surface area contributed by atoms with E-state index in [0.717, 1.165) is 36.1 Å². The van der Waals surface area contributed by atoms with Gasteiger partial charge in [0.1, 0.15) is 5.15 Å². The van der Waals surface area contributed by atoms with Crippen LogP contribution >= 0.6 is 11.6 Å². The summed E-state index contributed by atoms with van der Waals surface area (Å²) in [5.74, 6) is -0.0100. The Balaban J connectivity index is 1.27. The Morgan fingerprint density at radius 3 is 2.67 bits per heavy atom. The Morgan fingerprint density at radius 2 is 1.97 bits per heavy atom. The number of aromatic nitrogens is 3. The number of aliphatic hydroxyl groups is 1. The van der Waals surface area contributed by atoms with E-state index in [1.54, 1.807) is 42.8 Å². The first-order valence-electron chi connectivity index (χ1n) is 11.1. The second-order valence-electron chi connectivity index (χ2n) is 8.48. The Morgan fingerprint density at radius 1 is 1.15 bits per heavy atom. The molecule has 0 saturated carbocycles. The SMILES string of the molecule is CN(CCc1cnccn1)C(=O)c1ccc(C[C@@H]2CC[C@H]([C@H](O)c3ccc(Cl)nc3)N2)cc1. The van der Waals surface area contributed by atoms with Crippen molar-refractivity contribution in [3.63, 3.8) is 0 Å². The number of carbonyl (C=O) groups excluding carboxylic acids is 1. The van der Waals surface area contributed by atoms with Crippen LogP contribution in [0.25, 0.3) is 0 Å². The highest BCUT2D eigenvalue weighted by Crippen LogP contribution is 2.27. The number of aliphatic hydroxyl groups excluding tert-OH is 1. The molecular formula is C25H28ClN5O2. The van der Waals surface area contributed by atoms with E-state index < -0.39 is 6.10 Å². The van der Waals surface area contributed by atoms with Gasteiger partial charge in [-0.15, -0.1) is 0 Å². The summed E-state index contributed by atoms with van der Waals surface area (Å²) in [5.41, 5.74) is 3.47. The smallest absolute Gasteiger partial charge is 0.253 e. The summed E-state index contributed by atoms with van der Waals surface area (Å²) in [4.78, 5) is 26.8. The average Bonchev–Trinajstić information content (AvgIpc) is 3.31. The van der Waals surface area contributed by atoms with Crippen molar-refractivity contribution in [2.24, 2.45) is 0 Å². The zero-order valence-electron chi connectivity index (χ0n) is 18.6. The van der Waals surface area contributed by atoms with Crippen molar-refractivity contribution in [2.45, 2.75) is 43.9 Å². The number of nitrogens with zero attached hydrogens (tertiary/aromatic N) is 4. The fraction of sp³-hybridized carbons (Fsp3) is 0.360. The van der Waals surface area contributed by atoms with E-state index in [-0.39, 0.29) is 18.0 Å². The van der Waals surface area contributed by atoms with E-state index in [1.165, 1.54) is 0 Å². The minimum absolute atomic E-state index is 0.0100. The first kappa shape index (κ1) is 23.3. The summed E-state index contributed by atoms with van der Waals surface area (Å²) in [7, 11) is 1.80. The molecule has 0 aliphatic carbocycles. The lowest BCUT2D eigenvalue weighted by Crippen LogP contribution is -2.35. The van der Waals surface area contributed by atoms with Gasteiger partial charge in [0.25, 0.3) is 5.91 Å². The molecule has 3 atom stereocenters. The largest absolute Gasteiger partial charge is 0.387 e. The summed E-state index contributed by atoms with van der Waals surface area (Å²) in [5, 5.41) is 14.6. The van der Waals surface area contributed by atoms with Crippen molar-refractivity contribution in [2.75, 3.05) is 13.6 Å². The van der Waals surface area contributed by atoms with Gasteiger partial charge in [0, 0.05) is 68.0 Å². The minimum atomic E-state index is -0.614. The molecule has 0 spiro atoms. The van der Waals surface area contributed by atoms with E-state index in [2.05, 4.69) is 20.3 Å². The van der Waals surface area contributed by atoms with E-state index in [0.29, 0.717) is 23.7 Å². The van der Waals surface area contributed by atoms with Crippen LogP contribution in [0.3, 0.4) is 0 Å². The Hall–Kier alpha value is -2.87. The third-order valence-electron chi connectivity index (χ3n) is 6.10. The van der Waals surface area contributed by atoms with Crippen LogP contribution in [0.1, 0.15) is 46.1 Å². The van der Waals surface area contributed by atoms with Crippen molar-refractivity contribution in [1.82, 2.24) is 25.2 Å². The molecule has 1 aliphatic heterocycles. The molecule has 33 heavy (non-hydrogen) atoms. The van der Waals surface area contributed by atoms with Gasteiger partial charge in [0.2, 0.25) is 0 Å². The van der Waals surface area contributed by atoms with Gasteiger partial charge in [0.15, 0.2) is 0 Å². The second-order valence-corrected chi connectivity index (χ2v) is 8.87. The number of benzene rings is 1. The lowest BCUT2D eigenvalue weighted by Gasteiger charge is -2.20. The maximum Gasteiger partial charge on any atom is 0.253 e. The summed E-state index contributed by atoms with van der Waals surface area (Å²) in [6, 6.07) is 11.6. The normalized spacial score (nSPS) is 18.8. The second kappa shape index (κ2) is 10.8.